The minimum absolute atomic E-state index is 0.107. The molecule has 0 unspecified atom stereocenters. The maximum absolute atomic E-state index is 11.9. The van der Waals surface area contributed by atoms with E-state index in [4.69, 9.17) is 0 Å². The molecule has 0 bridgehead atoms. The van der Waals surface area contributed by atoms with Crippen LogP contribution in [0.3, 0.4) is 0 Å². The summed E-state index contributed by atoms with van der Waals surface area (Å²) in [7, 11) is 0. The maximum atomic E-state index is 11.9. The van der Waals surface area contributed by atoms with E-state index in [2.05, 4.69) is 10.6 Å². The van der Waals surface area contributed by atoms with E-state index < -0.39 is 0 Å². The Morgan fingerprint density at radius 1 is 0.615 bits per heavy atom. The van der Waals surface area contributed by atoms with Gasteiger partial charge in [0.05, 0.1) is 39.0 Å². The quantitative estimate of drug-likeness (QED) is 0.389. The number of hydrogen-bond acceptors (Lipinski definition) is 4. The van der Waals surface area contributed by atoms with Gasteiger partial charge in [-0.25, -0.2) is 0 Å². The van der Waals surface area contributed by atoms with Gasteiger partial charge < -0.3 is 9.80 Å². The molecule has 4 aliphatic heterocycles. The number of likely N-dealkylation sites (tertiary alicyclic amines) is 2. The topological polar surface area (TPSA) is 101 Å². The highest BCUT2D eigenvalue weighted by Crippen LogP contribution is 2.27. The van der Waals surface area contributed by atoms with Gasteiger partial charge in [-0.15, -0.1) is 0 Å². The number of hydrogen-bond donors (Lipinski definition) is 4. The summed E-state index contributed by atoms with van der Waals surface area (Å²) in [4.78, 5) is 49.1. The molecular weight excluding hydrogens is 336 g/mol. The lowest BCUT2D eigenvalue weighted by molar-refractivity contribution is -0.924. The second-order valence-corrected chi connectivity index (χ2v) is 8.33. The molecule has 4 aliphatic rings. The van der Waals surface area contributed by atoms with Gasteiger partial charge in [-0.3, -0.25) is 29.8 Å². The number of rotatable bonds is 3. The summed E-state index contributed by atoms with van der Waals surface area (Å²) in [6.07, 6.45) is 5.10. The van der Waals surface area contributed by atoms with Crippen LogP contribution >= 0.6 is 0 Å². The van der Waals surface area contributed by atoms with Crippen LogP contribution in [0.5, 0.6) is 0 Å². The number of amides is 4. The van der Waals surface area contributed by atoms with Crippen molar-refractivity contribution in [3.8, 4) is 0 Å². The van der Waals surface area contributed by atoms with Crippen LogP contribution < -0.4 is 20.4 Å². The number of nitrogens with one attached hydrogen (secondary N) is 4. The van der Waals surface area contributed by atoms with Gasteiger partial charge in [0, 0.05) is 0 Å². The predicted molar refractivity (Wildman–Crippen MR) is 90.0 cm³/mol. The van der Waals surface area contributed by atoms with Crippen LogP contribution in [0.2, 0.25) is 0 Å². The Kier molecular flexibility index (Phi) is 4.79. The van der Waals surface area contributed by atoms with Crippen molar-refractivity contribution in [3.05, 3.63) is 0 Å². The van der Waals surface area contributed by atoms with E-state index in [9.17, 15) is 19.2 Å². The van der Waals surface area contributed by atoms with Crippen LogP contribution in [0.25, 0.3) is 0 Å². The van der Waals surface area contributed by atoms with Gasteiger partial charge in [0.2, 0.25) is 11.8 Å². The zero-order valence-electron chi connectivity index (χ0n) is 15.0. The largest absolute Gasteiger partial charge is 0.324 e. The second-order valence-electron chi connectivity index (χ2n) is 8.33. The molecule has 0 aliphatic carbocycles. The highest BCUT2D eigenvalue weighted by molar-refractivity contribution is 6.05. The molecule has 8 nitrogen and oxygen atoms in total. The normalized spacial score (nSPS) is 41.2. The van der Waals surface area contributed by atoms with Gasteiger partial charge in [0.25, 0.3) is 11.8 Å². The lowest BCUT2D eigenvalue weighted by Gasteiger charge is -2.39. The first kappa shape index (κ1) is 17.6. The van der Waals surface area contributed by atoms with E-state index in [-0.39, 0.29) is 35.7 Å². The molecule has 8 heteroatoms. The molecule has 4 heterocycles. The molecule has 0 saturated carbocycles. The third-order valence-corrected chi connectivity index (χ3v) is 6.93. The molecule has 4 rings (SSSR count). The Balaban J connectivity index is 1.25. The molecule has 0 spiro atoms. The lowest BCUT2D eigenvalue weighted by Crippen LogP contribution is -3.18. The first-order valence-corrected chi connectivity index (χ1v) is 9.88. The number of piperidine rings is 2. The monoisotopic (exact) mass is 364 g/mol. The minimum atomic E-state index is -0.187. The molecule has 0 aromatic carbocycles. The van der Waals surface area contributed by atoms with E-state index in [1.54, 1.807) is 0 Å². The van der Waals surface area contributed by atoms with Gasteiger partial charge in [-0.2, -0.15) is 0 Å². The molecule has 0 aromatic heterocycles. The standard InChI is InChI=1S/C18H26N4O4/c23-15-9-13(17(25)19-15)21-5-1-11(2-6-21)12-3-7-22(8-4-12)14-10-16(24)20-18(14)26/h11-14H,1-10H2,(H,19,23,25)(H,20,24,26)/p+2/t13-,14-/m0/s1. The predicted octanol–water partition coefficient (Wildman–Crippen LogP) is -3.59. The van der Waals surface area contributed by atoms with Crippen LogP contribution in [0.15, 0.2) is 0 Å². The Morgan fingerprint density at radius 3 is 1.23 bits per heavy atom. The first-order valence-electron chi connectivity index (χ1n) is 9.88. The summed E-state index contributed by atoms with van der Waals surface area (Å²) in [5, 5.41) is 4.84. The first-order chi connectivity index (χ1) is 12.5. The summed E-state index contributed by atoms with van der Waals surface area (Å²) in [5.41, 5.74) is 0. The van der Waals surface area contributed by atoms with Crippen molar-refractivity contribution in [3.63, 3.8) is 0 Å². The van der Waals surface area contributed by atoms with Gasteiger partial charge >= 0.3 is 0 Å². The third kappa shape index (κ3) is 3.40. The van der Waals surface area contributed by atoms with Crippen molar-refractivity contribution in [2.45, 2.75) is 50.6 Å². The van der Waals surface area contributed by atoms with E-state index >= 15 is 0 Å². The number of carbonyl (C=O) groups excluding carboxylic acids is 4. The second kappa shape index (κ2) is 7.08. The Labute approximate surface area is 152 Å². The maximum Gasteiger partial charge on any atom is 0.285 e. The van der Waals surface area contributed by atoms with Crippen molar-refractivity contribution >= 4 is 23.6 Å². The molecule has 4 fully saturated rings. The Morgan fingerprint density at radius 2 is 0.962 bits per heavy atom. The van der Waals surface area contributed by atoms with Crippen molar-refractivity contribution in [1.29, 1.82) is 0 Å². The molecule has 4 saturated heterocycles. The molecular formula is C18H28N4O4+2. The average molecular weight is 364 g/mol. The molecule has 0 radical (unpaired) electrons. The van der Waals surface area contributed by atoms with E-state index in [1.807, 2.05) is 0 Å². The fourth-order valence-electron chi connectivity index (χ4n) is 5.43. The SMILES string of the molecule is O=C1C[C@H]([NH+]2CCC(C3CC[NH+]([C@H]4CC(=O)NC4=O)CC3)CC2)C(=O)N1. The number of carbonyl (C=O) groups is 4. The van der Waals surface area contributed by atoms with Crippen molar-refractivity contribution in [1.82, 2.24) is 10.6 Å². The third-order valence-electron chi connectivity index (χ3n) is 6.93. The highest BCUT2D eigenvalue weighted by Gasteiger charge is 2.44. The molecule has 26 heavy (non-hydrogen) atoms. The molecule has 142 valence electrons. The minimum Gasteiger partial charge on any atom is -0.324 e. The van der Waals surface area contributed by atoms with Crippen LogP contribution in [-0.2, 0) is 19.2 Å². The van der Waals surface area contributed by atoms with Crippen molar-refractivity contribution < 1.29 is 29.0 Å². The van der Waals surface area contributed by atoms with Gasteiger partial charge in [-0.1, -0.05) is 0 Å². The Bertz CT molecular complexity index is 567. The van der Waals surface area contributed by atoms with E-state index in [1.165, 1.54) is 9.80 Å². The lowest BCUT2D eigenvalue weighted by atomic mass is 9.78. The van der Waals surface area contributed by atoms with Crippen molar-refractivity contribution in [2.75, 3.05) is 26.2 Å². The molecule has 4 amide bonds. The Hall–Kier alpha value is -1.80. The van der Waals surface area contributed by atoms with Gasteiger partial charge in [0.1, 0.15) is 0 Å². The average Bonchev–Trinajstić information content (AvgIpc) is 3.15. The van der Waals surface area contributed by atoms with Gasteiger partial charge in [0.15, 0.2) is 12.1 Å². The van der Waals surface area contributed by atoms with Crippen molar-refractivity contribution in [2.24, 2.45) is 11.8 Å². The number of imide groups is 2. The highest BCUT2D eigenvalue weighted by atomic mass is 16.2. The fourth-order valence-corrected chi connectivity index (χ4v) is 5.43. The summed E-state index contributed by atoms with van der Waals surface area (Å²) >= 11 is 0. The van der Waals surface area contributed by atoms with E-state index in [0.717, 1.165) is 51.9 Å². The number of quaternary nitrogens is 2. The smallest absolute Gasteiger partial charge is 0.285 e. The summed E-state index contributed by atoms with van der Waals surface area (Å²) in [6.45, 7) is 3.84. The molecule has 4 N–H and O–H groups in total. The summed E-state index contributed by atoms with van der Waals surface area (Å²) in [5.74, 6) is 0.868. The van der Waals surface area contributed by atoms with E-state index in [0.29, 0.717) is 24.7 Å². The summed E-state index contributed by atoms with van der Waals surface area (Å²) in [6, 6.07) is -0.374. The van der Waals surface area contributed by atoms with Crippen LogP contribution in [0, 0.1) is 11.8 Å². The van der Waals surface area contributed by atoms with Crippen LogP contribution in [0.1, 0.15) is 38.5 Å². The molecule has 0 aromatic rings. The molecule has 2 atom stereocenters. The zero-order chi connectivity index (χ0) is 18.3. The summed E-state index contributed by atoms with van der Waals surface area (Å²) < 4.78 is 0. The van der Waals surface area contributed by atoms with Crippen LogP contribution in [0.4, 0.5) is 0 Å². The fraction of sp³-hybridized carbons (Fsp3) is 0.778. The van der Waals surface area contributed by atoms with Gasteiger partial charge in [-0.05, 0) is 37.5 Å². The van der Waals surface area contributed by atoms with Crippen LogP contribution in [-0.4, -0.2) is 61.9 Å². The zero-order valence-corrected chi connectivity index (χ0v) is 15.0.